The van der Waals surface area contributed by atoms with Crippen molar-refractivity contribution in [1.82, 2.24) is 0 Å². The fourth-order valence-corrected chi connectivity index (χ4v) is 2.82. The van der Waals surface area contributed by atoms with Crippen LogP contribution in [0.3, 0.4) is 0 Å². The van der Waals surface area contributed by atoms with Gasteiger partial charge in [0.15, 0.2) is 0 Å². The molecule has 0 aliphatic rings. The Bertz CT molecular complexity index is 1070. The van der Waals surface area contributed by atoms with Gasteiger partial charge in [-0.3, -0.25) is 4.99 Å². The molecule has 136 valence electrons. The van der Waals surface area contributed by atoms with Crippen LogP contribution in [0, 0.1) is 0 Å². The zero-order valence-corrected chi connectivity index (χ0v) is 15.2. The van der Waals surface area contributed by atoms with Crippen molar-refractivity contribution in [2.75, 3.05) is 0 Å². The zero-order chi connectivity index (χ0) is 19.2. The third-order valence-corrected chi connectivity index (χ3v) is 4.32. The van der Waals surface area contributed by atoms with Crippen LogP contribution in [0.25, 0.3) is 11.1 Å². The highest BCUT2D eigenvalue weighted by Gasteiger charge is 2.01. The van der Waals surface area contributed by atoms with Crippen LogP contribution < -0.4 is 4.74 Å². The van der Waals surface area contributed by atoms with Gasteiger partial charge in [-0.15, -0.1) is 0 Å². The second kappa shape index (κ2) is 8.23. The van der Waals surface area contributed by atoms with Gasteiger partial charge in [0.1, 0.15) is 17.2 Å². The van der Waals surface area contributed by atoms with Crippen LogP contribution in [-0.4, -0.2) is 11.3 Å². The first-order valence-electron chi connectivity index (χ1n) is 9.03. The van der Waals surface area contributed by atoms with Crippen LogP contribution >= 0.6 is 0 Å². The normalized spacial score (nSPS) is 10.9. The average Bonchev–Trinajstić information content (AvgIpc) is 2.75. The number of hydrogen-bond donors (Lipinski definition) is 1. The van der Waals surface area contributed by atoms with Gasteiger partial charge in [0.25, 0.3) is 0 Å². The highest BCUT2D eigenvalue weighted by molar-refractivity contribution is 5.85. The number of aliphatic imine (C=N–C) groups is 1. The summed E-state index contributed by atoms with van der Waals surface area (Å²) in [6.45, 7) is 0. The molecule has 3 heteroatoms. The van der Waals surface area contributed by atoms with Crippen molar-refractivity contribution in [2.24, 2.45) is 4.99 Å². The van der Waals surface area contributed by atoms with Gasteiger partial charge in [0.05, 0.1) is 5.69 Å². The van der Waals surface area contributed by atoms with E-state index >= 15 is 0 Å². The molecule has 0 unspecified atom stereocenters. The molecule has 4 aromatic rings. The standard InChI is InChI=1S/C25H19NO2/c27-25-9-5-4-8-21(25)18-26-22-12-16-24(17-13-22)28-23-14-10-20(11-15-23)19-6-2-1-3-7-19/h1-18,27H. The molecule has 0 aliphatic carbocycles. The molecule has 0 amide bonds. The number of ether oxygens (including phenoxy) is 1. The lowest BCUT2D eigenvalue weighted by atomic mass is 10.1. The summed E-state index contributed by atoms with van der Waals surface area (Å²) in [7, 11) is 0. The fourth-order valence-electron chi connectivity index (χ4n) is 2.82. The number of nitrogens with zero attached hydrogens (tertiary/aromatic N) is 1. The van der Waals surface area contributed by atoms with E-state index < -0.39 is 0 Å². The van der Waals surface area contributed by atoms with Crippen LogP contribution in [0.2, 0.25) is 0 Å². The van der Waals surface area contributed by atoms with E-state index in [0.717, 1.165) is 22.7 Å². The van der Waals surface area contributed by atoms with Crippen LogP contribution in [0.4, 0.5) is 5.69 Å². The van der Waals surface area contributed by atoms with Crippen LogP contribution in [0.5, 0.6) is 17.2 Å². The lowest BCUT2D eigenvalue weighted by Crippen LogP contribution is -1.84. The first kappa shape index (κ1) is 17.6. The largest absolute Gasteiger partial charge is 0.507 e. The topological polar surface area (TPSA) is 41.8 Å². The molecule has 0 radical (unpaired) electrons. The summed E-state index contributed by atoms with van der Waals surface area (Å²) >= 11 is 0. The number of aromatic hydroxyl groups is 1. The molecule has 1 N–H and O–H groups in total. The van der Waals surface area contributed by atoms with Crippen molar-refractivity contribution in [2.45, 2.75) is 0 Å². The Morgan fingerprint density at radius 1 is 0.607 bits per heavy atom. The second-order valence-corrected chi connectivity index (χ2v) is 6.30. The van der Waals surface area contributed by atoms with Crippen molar-refractivity contribution in [3.8, 4) is 28.4 Å². The molecule has 0 saturated carbocycles. The van der Waals surface area contributed by atoms with Gasteiger partial charge in [-0.2, -0.15) is 0 Å². The Morgan fingerprint density at radius 3 is 1.86 bits per heavy atom. The van der Waals surface area contributed by atoms with Gasteiger partial charge < -0.3 is 9.84 Å². The molecule has 0 bridgehead atoms. The number of benzene rings is 4. The molecular formula is C25H19NO2. The summed E-state index contributed by atoms with van der Waals surface area (Å²) in [6.07, 6.45) is 1.65. The molecule has 4 rings (SSSR count). The van der Waals surface area contributed by atoms with Gasteiger partial charge >= 0.3 is 0 Å². The number of para-hydroxylation sites is 1. The third kappa shape index (κ3) is 4.27. The van der Waals surface area contributed by atoms with E-state index in [9.17, 15) is 5.11 Å². The van der Waals surface area contributed by atoms with Gasteiger partial charge in [0.2, 0.25) is 0 Å². The summed E-state index contributed by atoms with van der Waals surface area (Å²) in [4.78, 5) is 4.39. The molecule has 0 aliphatic heterocycles. The first-order chi connectivity index (χ1) is 13.8. The summed E-state index contributed by atoms with van der Waals surface area (Å²) in [5.41, 5.74) is 3.80. The number of phenolic OH excluding ortho intramolecular Hbond substituents is 1. The van der Waals surface area contributed by atoms with Crippen LogP contribution in [0.15, 0.2) is 108 Å². The minimum absolute atomic E-state index is 0.213. The second-order valence-electron chi connectivity index (χ2n) is 6.30. The van der Waals surface area contributed by atoms with E-state index in [1.807, 2.05) is 66.7 Å². The van der Waals surface area contributed by atoms with Crippen LogP contribution in [0.1, 0.15) is 5.56 Å². The quantitative estimate of drug-likeness (QED) is 0.405. The summed E-state index contributed by atoms with van der Waals surface area (Å²) in [5, 5.41) is 9.78. The Hall–Kier alpha value is -3.85. The van der Waals surface area contributed by atoms with E-state index in [0.29, 0.717) is 5.56 Å². The highest BCUT2D eigenvalue weighted by atomic mass is 16.5. The zero-order valence-electron chi connectivity index (χ0n) is 15.2. The van der Waals surface area contributed by atoms with Crippen molar-refractivity contribution in [3.05, 3.63) is 109 Å². The van der Waals surface area contributed by atoms with E-state index in [1.165, 1.54) is 5.56 Å². The Balaban J connectivity index is 1.42. The lowest BCUT2D eigenvalue weighted by molar-refractivity contribution is 0.474. The van der Waals surface area contributed by atoms with Crippen molar-refractivity contribution >= 4 is 11.9 Å². The maximum Gasteiger partial charge on any atom is 0.127 e. The minimum Gasteiger partial charge on any atom is -0.507 e. The molecule has 3 nitrogen and oxygen atoms in total. The molecule has 0 saturated heterocycles. The average molecular weight is 365 g/mol. The number of phenols is 1. The fraction of sp³-hybridized carbons (Fsp3) is 0. The molecule has 0 atom stereocenters. The van der Waals surface area contributed by atoms with E-state index in [2.05, 4.69) is 29.3 Å². The predicted octanol–water partition coefficient (Wildman–Crippen LogP) is 6.60. The Morgan fingerprint density at radius 2 is 1.18 bits per heavy atom. The van der Waals surface area contributed by atoms with Gasteiger partial charge in [-0.1, -0.05) is 54.6 Å². The van der Waals surface area contributed by atoms with Gasteiger partial charge in [0, 0.05) is 11.8 Å². The molecular weight excluding hydrogens is 346 g/mol. The SMILES string of the molecule is Oc1ccccc1C=Nc1ccc(Oc2ccc(-c3ccccc3)cc2)cc1. The highest BCUT2D eigenvalue weighted by Crippen LogP contribution is 2.27. The summed E-state index contributed by atoms with van der Waals surface area (Å²) in [5.74, 6) is 1.74. The lowest BCUT2D eigenvalue weighted by Gasteiger charge is -2.07. The third-order valence-electron chi connectivity index (χ3n) is 4.32. The van der Waals surface area contributed by atoms with Gasteiger partial charge in [-0.25, -0.2) is 0 Å². The molecule has 0 heterocycles. The number of rotatable bonds is 5. The van der Waals surface area contributed by atoms with Crippen molar-refractivity contribution in [3.63, 3.8) is 0 Å². The molecule has 0 spiro atoms. The van der Waals surface area contributed by atoms with E-state index in [-0.39, 0.29) is 5.75 Å². The first-order valence-corrected chi connectivity index (χ1v) is 9.03. The number of hydrogen-bond acceptors (Lipinski definition) is 3. The van der Waals surface area contributed by atoms with Crippen molar-refractivity contribution in [1.29, 1.82) is 0 Å². The maximum absolute atomic E-state index is 9.78. The smallest absolute Gasteiger partial charge is 0.127 e. The molecule has 0 fully saturated rings. The molecule has 28 heavy (non-hydrogen) atoms. The monoisotopic (exact) mass is 365 g/mol. The van der Waals surface area contributed by atoms with Crippen LogP contribution in [-0.2, 0) is 0 Å². The van der Waals surface area contributed by atoms with Gasteiger partial charge in [-0.05, 0) is 59.7 Å². The molecule has 0 aromatic heterocycles. The summed E-state index contributed by atoms with van der Waals surface area (Å²) in [6, 6.07) is 32.9. The minimum atomic E-state index is 0.213. The maximum atomic E-state index is 9.78. The van der Waals surface area contributed by atoms with E-state index in [4.69, 9.17) is 4.74 Å². The Kier molecular flexibility index (Phi) is 5.16. The van der Waals surface area contributed by atoms with Crippen molar-refractivity contribution < 1.29 is 9.84 Å². The molecule has 4 aromatic carbocycles. The Labute approximate surface area is 164 Å². The van der Waals surface area contributed by atoms with E-state index in [1.54, 1.807) is 18.3 Å². The summed E-state index contributed by atoms with van der Waals surface area (Å²) < 4.78 is 5.91. The predicted molar refractivity (Wildman–Crippen MR) is 114 cm³/mol.